The molecule has 0 heterocycles. The zero-order chi connectivity index (χ0) is 18.0. The largest absolute Gasteiger partial charge is 0.458 e. The topological polar surface area (TPSA) is 69.7 Å². The standard InChI is InChI=1S/C19H24O5/c1-8-7-12(22)14-9(2)15-13(8)16(14)19(5,6)18(24-11(4)21)17(15)23-10(3)20/h7,13-18H,2H2,1,3-6H3/t13-,14-,15+,16+,17+,18-/m1/s1. The van der Waals surface area contributed by atoms with Gasteiger partial charge in [-0.15, -0.1) is 0 Å². The Morgan fingerprint density at radius 1 is 1.12 bits per heavy atom. The fraction of sp³-hybridized carbons (Fsp3) is 0.632. The number of esters is 2. The van der Waals surface area contributed by atoms with Crippen molar-refractivity contribution in [3.63, 3.8) is 0 Å². The van der Waals surface area contributed by atoms with E-state index in [1.165, 1.54) is 13.8 Å². The highest BCUT2D eigenvalue weighted by Gasteiger charge is 2.68. The maximum absolute atomic E-state index is 12.6. The van der Waals surface area contributed by atoms with Crippen LogP contribution in [0.3, 0.4) is 0 Å². The summed E-state index contributed by atoms with van der Waals surface area (Å²) in [6.07, 6.45) is 0.490. The molecule has 2 fully saturated rings. The lowest BCUT2D eigenvalue weighted by atomic mass is 9.56. The summed E-state index contributed by atoms with van der Waals surface area (Å²) in [6.45, 7) is 12.8. The van der Waals surface area contributed by atoms with E-state index in [0.29, 0.717) is 0 Å². The third kappa shape index (κ3) is 2.17. The molecule has 0 N–H and O–H groups in total. The number of carbonyl (C=O) groups is 3. The van der Waals surface area contributed by atoms with Gasteiger partial charge in [-0.3, -0.25) is 14.4 Å². The number of rotatable bonds is 2. The Labute approximate surface area is 142 Å². The summed E-state index contributed by atoms with van der Waals surface area (Å²) in [4.78, 5) is 36.0. The van der Waals surface area contributed by atoms with E-state index < -0.39 is 29.6 Å². The van der Waals surface area contributed by atoms with Crippen molar-refractivity contribution in [2.75, 3.05) is 0 Å². The van der Waals surface area contributed by atoms with E-state index in [-0.39, 0.29) is 29.5 Å². The van der Waals surface area contributed by atoms with Crippen molar-refractivity contribution in [3.8, 4) is 0 Å². The van der Waals surface area contributed by atoms with Crippen LogP contribution in [0, 0.1) is 29.1 Å². The molecule has 0 aromatic rings. The molecule has 5 nitrogen and oxygen atoms in total. The summed E-state index contributed by atoms with van der Waals surface area (Å²) in [7, 11) is 0. The smallest absolute Gasteiger partial charge is 0.303 e. The van der Waals surface area contributed by atoms with E-state index in [9.17, 15) is 14.4 Å². The van der Waals surface area contributed by atoms with Gasteiger partial charge < -0.3 is 9.47 Å². The molecule has 24 heavy (non-hydrogen) atoms. The minimum absolute atomic E-state index is 0.00339. The average Bonchev–Trinajstić information content (AvgIpc) is 2.67. The van der Waals surface area contributed by atoms with Crippen LogP contribution in [0.25, 0.3) is 0 Å². The molecular formula is C19H24O5. The predicted octanol–water partition coefficient (Wildman–Crippen LogP) is 2.45. The fourth-order valence-corrected chi connectivity index (χ4v) is 5.27. The third-order valence-electron chi connectivity index (χ3n) is 6.00. The van der Waals surface area contributed by atoms with Crippen molar-refractivity contribution in [3.05, 3.63) is 23.8 Å². The van der Waals surface area contributed by atoms with E-state index in [2.05, 4.69) is 6.58 Å². The molecule has 0 aromatic carbocycles. The Bertz CT molecular complexity index is 671. The number of carbonyl (C=O) groups excluding carboxylic acids is 3. The molecule has 5 heteroatoms. The van der Waals surface area contributed by atoms with Gasteiger partial charge in [0, 0.05) is 31.1 Å². The highest BCUT2D eigenvalue weighted by atomic mass is 16.6. The Hall–Kier alpha value is -1.91. The van der Waals surface area contributed by atoms with Crippen LogP contribution in [-0.4, -0.2) is 29.9 Å². The van der Waals surface area contributed by atoms with Gasteiger partial charge in [0.25, 0.3) is 0 Å². The molecule has 4 bridgehead atoms. The van der Waals surface area contributed by atoms with Gasteiger partial charge in [0.05, 0.1) is 0 Å². The second-order valence-electron chi connectivity index (χ2n) is 7.85. The summed E-state index contributed by atoms with van der Waals surface area (Å²) >= 11 is 0. The summed E-state index contributed by atoms with van der Waals surface area (Å²) in [5, 5.41) is 0. The molecule has 0 radical (unpaired) electrons. The van der Waals surface area contributed by atoms with Crippen LogP contribution < -0.4 is 0 Å². The number of ether oxygens (including phenoxy) is 2. The lowest BCUT2D eigenvalue weighted by molar-refractivity contribution is -0.197. The second-order valence-corrected chi connectivity index (χ2v) is 7.85. The summed E-state index contributed by atoms with van der Waals surface area (Å²) in [6, 6.07) is 0. The third-order valence-corrected chi connectivity index (χ3v) is 6.00. The molecule has 0 aliphatic heterocycles. The Morgan fingerprint density at radius 3 is 2.25 bits per heavy atom. The van der Waals surface area contributed by atoms with Crippen LogP contribution in [0.2, 0.25) is 0 Å². The summed E-state index contributed by atoms with van der Waals surface area (Å²) in [5.74, 6) is -1.18. The van der Waals surface area contributed by atoms with Gasteiger partial charge in [-0.25, -0.2) is 0 Å². The Kier molecular flexibility index (Phi) is 3.74. The Morgan fingerprint density at radius 2 is 1.71 bits per heavy atom. The van der Waals surface area contributed by atoms with Crippen LogP contribution in [0.15, 0.2) is 23.8 Å². The van der Waals surface area contributed by atoms with Gasteiger partial charge in [0.1, 0.15) is 12.2 Å². The normalized spacial score (nSPS) is 39.3. The van der Waals surface area contributed by atoms with E-state index in [1.54, 1.807) is 6.08 Å². The predicted molar refractivity (Wildman–Crippen MR) is 86.8 cm³/mol. The molecule has 0 amide bonds. The van der Waals surface area contributed by atoms with Crippen molar-refractivity contribution < 1.29 is 23.9 Å². The number of hydrogen-bond donors (Lipinski definition) is 0. The average molecular weight is 332 g/mol. The zero-order valence-electron chi connectivity index (χ0n) is 14.8. The highest BCUT2D eigenvalue weighted by Crippen LogP contribution is 2.65. The van der Waals surface area contributed by atoms with Crippen molar-refractivity contribution >= 4 is 17.7 Å². The number of ketones is 1. The van der Waals surface area contributed by atoms with Crippen LogP contribution in [0.4, 0.5) is 0 Å². The molecule has 3 rings (SSSR count). The van der Waals surface area contributed by atoms with Crippen LogP contribution in [0.1, 0.15) is 34.6 Å². The maximum Gasteiger partial charge on any atom is 0.303 e. The van der Waals surface area contributed by atoms with E-state index >= 15 is 0 Å². The SMILES string of the molecule is C=C1[C@@H]2C(=O)C=C(C)[C@@H]3[C@H]1[C@H](OC(C)=O)[C@@H](OC(C)=O)C(C)(C)[C@H]23. The molecule has 6 atom stereocenters. The van der Waals surface area contributed by atoms with Crippen LogP contribution in [0.5, 0.6) is 0 Å². The van der Waals surface area contributed by atoms with E-state index in [1.807, 2.05) is 20.8 Å². The van der Waals surface area contributed by atoms with E-state index in [4.69, 9.17) is 9.47 Å². The molecule has 3 aliphatic carbocycles. The number of hydrogen-bond acceptors (Lipinski definition) is 5. The van der Waals surface area contributed by atoms with Gasteiger partial charge in [0.2, 0.25) is 0 Å². The van der Waals surface area contributed by atoms with Crippen LogP contribution in [-0.2, 0) is 23.9 Å². The minimum Gasteiger partial charge on any atom is -0.458 e. The molecule has 2 saturated carbocycles. The molecule has 0 aromatic heterocycles. The first-order chi connectivity index (χ1) is 11.1. The first kappa shape index (κ1) is 16.9. The number of allylic oxidation sites excluding steroid dienone is 2. The lowest BCUT2D eigenvalue weighted by Crippen LogP contribution is -2.58. The molecule has 130 valence electrons. The summed E-state index contributed by atoms with van der Waals surface area (Å²) < 4.78 is 11.2. The minimum atomic E-state index is -0.616. The zero-order valence-corrected chi connectivity index (χ0v) is 14.8. The Balaban J connectivity index is 2.16. The molecule has 0 unspecified atom stereocenters. The van der Waals surface area contributed by atoms with Gasteiger partial charge in [-0.2, -0.15) is 0 Å². The highest BCUT2D eigenvalue weighted by molar-refractivity contribution is 5.97. The van der Waals surface area contributed by atoms with Crippen molar-refractivity contribution in [2.24, 2.45) is 29.1 Å². The van der Waals surface area contributed by atoms with Crippen molar-refractivity contribution in [2.45, 2.75) is 46.8 Å². The summed E-state index contributed by atoms with van der Waals surface area (Å²) in [5.41, 5.74) is 1.29. The van der Waals surface area contributed by atoms with Crippen LogP contribution >= 0.6 is 0 Å². The van der Waals surface area contributed by atoms with Gasteiger partial charge >= 0.3 is 11.9 Å². The monoisotopic (exact) mass is 332 g/mol. The maximum atomic E-state index is 12.6. The van der Waals surface area contributed by atoms with Gasteiger partial charge in [-0.1, -0.05) is 31.6 Å². The molecular weight excluding hydrogens is 308 g/mol. The van der Waals surface area contributed by atoms with E-state index in [0.717, 1.165) is 11.1 Å². The molecule has 0 spiro atoms. The van der Waals surface area contributed by atoms with Gasteiger partial charge in [-0.05, 0) is 24.8 Å². The second kappa shape index (κ2) is 5.30. The van der Waals surface area contributed by atoms with Crippen molar-refractivity contribution in [1.29, 1.82) is 0 Å². The molecule has 0 saturated heterocycles. The van der Waals surface area contributed by atoms with Crippen molar-refractivity contribution in [1.82, 2.24) is 0 Å². The van der Waals surface area contributed by atoms with Gasteiger partial charge in [0.15, 0.2) is 5.78 Å². The first-order valence-electron chi connectivity index (χ1n) is 8.32. The quantitative estimate of drug-likeness (QED) is 0.574. The lowest BCUT2D eigenvalue weighted by Gasteiger charge is -2.52. The molecule has 3 aliphatic rings. The fourth-order valence-electron chi connectivity index (χ4n) is 5.27. The first-order valence-corrected chi connectivity index (χ1v) is 8.32.